The minimum absolute atomic E-state index is 0.0229. The molecule has 1 aromatic heterocycles. The van der Waals surface area contributed by atoms with Crippen LogP contribution in [0.5, 0.6) is 5.75 Å². The van der Waals surface area contributed by atoms with Crippen LogP contribution >= 0.6 is 35.0 Å². The molecule has 3 amide bonds. The number of carbonyl (C=O) groups is 2. The van der Waals surface area contributed by atoms with Gasteiger partial charge >= 0.3 is 6.03 Å². The van der Waals surface area contributed by atoms with Crippen molar-refractivity contribution < 1.29 is 23.1 Å². The van der Waals surface area contributed by atoms with E-state index in [1.165, 1.54) is 12.0 Å². The standard InChI is InChI=1S/C32H31Cl2F2N5O4S/c1-5-39-12-7-13-40(30(39)44)22-14-18-17-41(31(2,10-11-37)19(18)15-23(22)45-4)29(43)26-24(16-25(32(3,35)36)38-28(26)42)46-27-20(33)8-6-9-21(27)34/h6,8-9,14-16H,5,7,10,12-13,17H2,1-4H3,(H,38,42). The summed E-state index contributed by atoms with van der Waals surface area (Å²) >= 11 is 13.6. The number of nitriles is 1. The van der Waals surface area contributed by atoms with Crippen molar-refractivity contribution >= 4 is 52.6 Å². The number of carbonyl (C=O) groups excluding carboxylic acids is 2. The van der Waals surface area contributed by atoms with E-state index < -0.39 is 34.2 Å². The molecule has 0 bridgehead atoms. The first-order valence-electron chi connectivity index (χ1n) is 14.5. The van der Waals surface area contributed by atoms with Crippen LogP contribution in [0, 0.1) is 11.3 Å². The molecule has 1 fully saturated rings. The highest BCUT2D eigenvalue weighted by Crippen LogP contribution is 2.48. The number of anilines is 1. The Kier molecular flexibility index (Phi) is 9.33. The van der Waals surface area contributed by atoms with Gasteiger partial charge in [-0.1, -0.05) is 41.0 Å². The van der Waals surface area contributed by atoms with Crippen LogP contribution in [-0.4, -0.2) is 53.5 Å². The highest BCUT2D eigenvalue weighted by Gasteiger charge is 2.46. The number of aromatic amines is 1. The Bertz CT molecular complexity index is 1810. The summed E-state index contributed by atoms with van der Waals surface area (Å²) in [6, 6.07) is 11.2. The van der Waals surface area contributed by atoms with Gasteiger partial charge in [0, 0.05) is 42.9 Å². The molecule has 1 atom stereocenters. The predicted octanol–water partition coefficient (Wildman–Crippen LogP) is 7.39. The smallest absolute Gasteiger partial charge is 0.324 e. The van der Waals surface area contributed by atoms with Crippen molar-refractivity contribution in [2.45, 2.75) is 61.4 Å². The quantitative estimate of drug-likeness (QED) is 0.264. The average molecular weight is 691 g/mol. The molecule has 2 aliphatic rings. The highest BCUT2D eigenvalue weighted by atomic mass is 35.5. The zero-order valence-electron chi connectivity index (χ0n) is 25.5. The number of H-pyrrole nitrogens is 1. The van der Waals surface area contributed by atoms with Crippen LogP contribution in [0.2, 0.25) is 10.0 Å². The summed E-state index contributed by atoms with van der Waals surface area (Å²) in [4.78, 5) is 48.4. The number of nitrogens with zero attached hydrogens (tertiary/aromatic N) is 4. The number of pyridine rings is 1. The Balaban J connectivity index is 1.64. The topological polar surface area (TPSA) is 110 Å². The Morgan fingerprint density at radius 3 is 2.50 bits per heavy atom. The number of benzene rings is 2. The molecule has 0 aliphatic carbocycles. The normalized spacial score (nSPS) is 18.1. The minimum Gasteiger partial charge on any atom is -0.495 e. The number of hydrogen-bond donors (Lipinski definition) is 1. The SMILES string of the molecule is CCN1CCCN(c2cc3c(cc2OC)C(C)(CC#N)N(C(=O)c2c(Sc4c(Cl)cccc4Cl)cc(C(C)(F)F)[nH]c2=O)C3)C1=O. The molecule has 9 nitrogen and oxygen atoms in total. The summed E-state index contributed by atoms with van der Waals surface area (Å²) in [7, 11) is 1.48. The number of fused-ring (bicyclic) bond motifs is 1. The fraction of sp³-hybridized carbons (Fsp3) is 0.375. The maximum atomic E-state index is 14.5. The van der Waals surface area contributed by atoms with E-state index >= 15 is 0 Å². The molecule has 242 valence electrons. The lowest BCUT2D eigenvalue weighted by Gasteiger charge is -2.36. The summed E-state index contributed by atoms with van der Waals surface area (Å²) in [5.41, 5.74) is -1.57. The van der Waals surface area contributed by atoms with Gasteiger partial charge in [-0.05, 0) is 61.7 Å². The number of ether oxygens (including phenoxy) is 1. The second-order valence-electron chi connectivity index (χ2n) is 11.3. The zero-order chi connectivity index (χ0) is 33.6. The monoisotopic (exact) mass is 689 g/mol. The molecular formula is C32H31Cl2F2N5O4S. The van der Waals surface area contributed by atoms with Gasteiger partial charge in [0.2, 0.25) is 0 Å². The second kappa shape index (κ2) is 12.8. The van der Waals surface area contributed by atoms with E-state index in [2.05, 4.69) is 11.1 Å². The van der Waals surface area contributed by atoms with Gasteiger partial charge in [0.15, 0.2) is 0 Å². The number of aromatic nitrogens is 1. The first-order valence-corrected chi connectivity index (χ1v) is 16.1. The molecule has 46 heavy (non-hydrogen) atoms. The molecule has 14 heteroatoms. The Morgan fingerprint density at radius 1 is 1.20 bits per heavy atom. The molecule has 2 aliphatic heterocycles. The van der Waals surface area contributed by atoms with Crippen LogP contribution in [0.3, 0.4) is 0 Å². The lowest BCUT2D eigenvalue weighted by atomic mass is 9.88. The molecule has 1 unspecified atom stereocenters. The van der Waals surface area contributed by atoms with Gasteiger partial charge in [0.1, 0.15) is 11.3 Å². The number of hydrogen-bond acceptors (Lipinski definition) is 6. The van der Waals surface area contributed by atoms with Gasteiger partial charge in [-0.2, -0.15) is 5.26 Å². The third-order valence-corrected chi connectivity index (χ3v) is 10.4. The third-order valence-electron chi connectivity index (χ3n) is 8.38. The van der Waals surface area contributed by atoms with Crippen molar-refractivity contribution in [2.24, 2.45) is 0 Å². The van der Waals surface area contributed by atoms with E-state index in [0.29, 0.717) is 49.1 Å². The molecule has 1 saturated heterocycles. The number of nitrogens with one attached hydrogen (secondary N) is 1. The summed E-state index contributed by atoms with van der Waals surface area (Å²) in [5, 5.41) is 10.3. The van der Waals surface area contributed by atoms with Crippen LogP contribution in [0.25, 0.3) is 0 Å². The first kappa shape index (κ1) is 33.6. The molecule has 0 radical (unpaired) electrons. The fourth-order valence-corrected chi connectivity index (χ4v) is 7.57. The fourth-order valence-electron chi connectivity index (χ4n) is 5.93. The number of rotatable bonds is 8. The van der Waals surface area contributed by atoms with E-state index in [9.17, 15) is 28.4 Å². The summed E-state index contributed by atoms with van der Waals surface area (Å²) in [5.74, 6) is -3.81. The van der Waals surface area contributed by atoms with Crippen LogP contribution in [-0.2, 0) is 18.0 Å². The van der Waals surface area contributed by atoms with Gasteiger partial charge in [-0.3, -0.25) is 14.5 Å². The molecule has 5 rings (SSSR count). The highest BCUT2D eigenvalue weighted by molar-refractivity contribution is 7.99. The Hall–Kier alpha value is -3.79. The molecule has 1 N–H and O–H groups in total. The number of methoxy groups -OCH3 is 1. The van der Waals surface area contributed by atoms with E-state index in [-0.39, 0.29) is 38.8 Å². The maximum Gasteiger partial charge on any atom is 0.324 e. The molecule has 3 aromatic rings. The molecular weight excluding hydrogens is 659 g/mol. The van der Waals surface area contributed by atoms with Crippen LogP contribution in [0.4, 0.5) is 19.3 Å². The van der Waals surface area contributed by atoms with Crippen molar-refractivity contribution in [3.8, 4) is 11.8 Å². The molecule has 3 heterocycles. The predicted molar refractivity (Wildman–Crippen MR) is 172 cm³/mol. The van der Waals surface area contributed by atoms with E-state index in [0.717, 1.165) is 24.2 Å². The van der Waals surface area contributed by atoms with Gasteiger partial charge in [-0.15, -0.1) is 0 Å². The lowest BCUT2D eigenvalue weighted by molar-refractivity contribution is 0.0121. The Labute approximate surface area is 279 Å². The third kappa shape index (κ3) is 5.92. The van der Waals surface area contributed by atoms with Crippen molar-refractivity contribution in [1.29, 1.82) is 5.26 Å². The molecule has 2 aromatic carbocycles. The molecule has 0 spiro atoms. The van der Waals surface area contributed by atoms with Crippen molar-refractivity contribution in [3.05, 3.63) is 79.2 Å². The van der Waals surface area contributed by atoms with E-state index in [1.54, 1.807) is 47.1 Å². The minimum atomic E-state index is -3.42. The van der Waals surface area contributed by atoms with E-state index in [4.69, 9.17) is 27.9 Å². The number of alkyl halides is 2. The van der Waals surface area contributed by atoms with Crippen molar-refractivity contribution in [1.82, 2.24) is 14.8 Å². The van der Waals surface area contributed by atoms with Gasteiger partial charge < -0.3 is 19.5 Å². The first-order chi connectivity index (χ1) is 21.7. The Morgan fingerprint density at radius 2 is 1.89 bits per heavy atom. The zero-order valence-corrected chi connectivity index (χ0v) is 27.9. The molecule has 0 saturated carbocycles. The number of urea groups is 1. The van der Waals surface area contributed by atoms with Gasteiger partial charge in [0.05, 0.1) is 46.6 Å². The van der Waals surface area contributed by atoms with Crippen LogP contribution in [0.15, 0.2) is 51.0 Å². The average Bonchev–Trinajstić information content (AvgIpc) is 3.28. The maximum absolute atomic E-state index is 14.5. The number of halogens is 4. The summed E-state index contributed by atoms with van der Waals surface area (Å²) in [6.07, 6.45) is 0.602. The largest absolute Gasteiger partial charge is 0.495 e. The summed E-state index contributed by atoms with van der Waals surface area (Å²) < 4.78 is 34.7. The van der Waals surface area contributed by atoms with Crippen LogP contribution < -0.4 is 15.2 Å². The second-order valence-corrected chi connectivity index (χ2v) is 13.2. The van der Waals surface area contributed by atoms with Crippen LogP contribution in [0.1, 0.15) is 60.8 Å². The van der Waals surface area contributed by atoms with Crippen molar-refractivity contribution in [3.63, 3.8) is 0 Å². The van der Waals surface area contributed by atoms with Gasteiger partial charge in [-0.25, -0.2) is 13.6 Å². The van der Waals surface area contributed by atoms with Gasteiger partial charge in [0.25, 0.3) is 17.4 Å². The number of amides is 3. The van der Waals surface area contributed by atoms with E-state index in [1.807, 2.05) is 6.92 Å². The lowest BCUT2D eigenvalue weighted by Crippen LogP contribution is -2.49. The van der Waals surface area contributed by atoms with Crippen molar-refractivity contribution in [2.75, 3.05) is 31.6 Å². The summed E-state index contributed by atoms with van der Waals surface area (Å²) in [6.45, 7) is 5.86.